The Hall–Kier alpha value is -1.12. The van der Waals surface area contributed by atoms with Crippen LogP contribution in [0.4, 0.5) is 0 Å². The Balaban J connectivity index is 2.12. The normalized spacial score (nSPS) is 10.5. The van der Waals surface area contributed by atoms with Crippen molar-refractivity contribution in [3.8, 4) is 0 Å². The van der Waals surface area contributed by atoms with Gasteiger partial charge in [-0.2, -0.15) is 5.10 Å². The van der Waals surface area contributed by atoms with Crippen LogP contribution in [0.25, 0.3) is 0 Å². The fourth-order valence-corrected chi connectivity index (χ4v) is 1.68. The molecule has 1 aromatic heterocycles. The highest BCUT2D eigenvalue weighted by molar-refractivity contribution is 5.78. The van der Waals surface area contributed by atoms with Gasteiger partial charge in [0.25, 0.3) is 0 Å². The van der Waals surface area contributed by atoms with Gasteiger partial charge in [-0.05, 0) is 31.7 Å². The van der Waals surface area contributed by atoms with Gasteiger partial charge in [0.15, 0.2) is 0 Å². The van der Waals surface area contributed by atoms with Crippen molar-refractivity contribution in [2.45, 2.75) is 45.4 Å². The van der Waals surface area contributed by atoms with Crippen LogP contribution in [0, 0.1) is 0 Å². The first-order valence-corrected chi connectivity index (χ1v) is 5.72. The molecular weight excluding hydrogens is 188 g/mol. The van der Waals surface area contributed by atoms with Gasteiger partial charge in [-0.3, -0.25) is 9.48 Å². The highest BCUT2D eigenvalue weighted by atomic mass is 16.1. The molecule has 3 nitrogen and oxygen atoms in total. The largest absolute Gasteiger partial charge is 0.300 e. The zero-order chi connectivity index (χ0) is 11.1. The number of Topliss-reactive ketones (excluding diaryl/α,β-unsaturated/α-hetero) is 1. The predicted octanol–water partition coefficient (Wildman–Crippen LogP) is 2.50. The third-order valence-corrected chi connectivity index (χ3v) is 2.59. The average Bonchev–Trinajstić information content (AvgIpc) is 2.60. The first-order chi connectivity index (χ1) is 7.24. The van der Waals surface area contributed by atoms with Crippen LogP contribution >= 0.6 is 0 Å². The summed E-state index contributed by atoms with van der Waals surface area (Å²) in [6.45, 7) is 2.05. The Bertz CT molecular complexity index is 304. The molecule has 0 radical (unpaired) electrons. The molecule has 0 N–H and O–H groups in total. The molecule has 0 saturated carbocycles. The SMILES string of the molecule is CCCC(=O)CCCCc1ccnn1C. The molecule has 0 aliphatic rings. The summed E-state index contributed by atoms with van der Waals surface area (Å²) in [5, 5.41) is 4.11. The van der Waals surface area contributed by atoms with Crippen molar-refractivity contribution in [1.82, 2.24) is 9.78 Å². The summed E-state index contributed by atoms with van der Waals surface area (Å²) < 4.78 is 1.90. The monoisotopic (exact) mass is 208 g/mol. The quantitative estimate of drug-likeness (QED) is 0.645. The number of carbonyl (C=O) groups excluding carboxylic acids is 1. The fourth-order valence-electron chi connectivity index (χ4n) is 1.68. The van der Waals surface area contributed by atoms with Gasteiger partial charge < -0.3 is 0 Å². The van der Waals surface area contributed by atoms with E-state index in [1.54, 1.807) is 0 Å². The number of carbonyl (C=O) groups is 1. The Morgan fingerprint density at radius 2 is 2.20 bits per heavy atom. The van der Waals surface area contributed by atoms with Crippen molar-refractivity contribution in [2.24, 2.45) is 7.05 Å². The van der Waals surface area contributed by atoms with Crippen molar-refractivity contribution in [2.75, 3.05) is 0 Å². The number of hydrogen-bond donors (Lipinski definition) is 0. The fraction of sp³-hybridized carbons (Fsp3) is 0.667. The van der Waals surface area contributed by atoms with E-state index < -0.39 is 0 Å². The second-order valence-electron chi connectivity index (χ2n) is 3.94. The van der Waals surface area contributed by atoms with Crippen LogP contribution in [0.5, 0.6) is 0 Å². The van der Waals surface area contributed by atoms with Gasteiger partial charge in [0.05, 0.1) is 0 Å². The van der Waals surface area contributed by atoms with Crippen molar-refractivity contribution in [3.63, 3.8) is 0 Å². The lowest BCUT2D eigenvalue weighted by Gasteiger charge is -2.01. The Morgan fingerprint density at radius 1 is 1.40 bits per heavy atom. The zero-order valence-electron chi connectivity index (χ0n) is 9.70. The molecule has 0 amide bonds. The van der Waals surface area contributed by atoms with Crippen LogP contribution in [0.2, 0.25) is 0 Å². The van der Waals surface area contributed by atoms with E-state index in [0.29, 0.717) is 5.78 Å². The molecule has 0 aliphatic carbocycles. The third-order valence-electron chi connectivity index (χ3n) is 2.59. The smallest absolute Gasteiger partial charge is 0.132 e. The number of aryl methyl sites for hydroxylation is 2. The van der Waals surface area contributed by atoms with Gasteiger partial charge in [0.1, 0.15) is 5.78 Å². The summed E-state index contributed by atoms with van der Waals surface area (Å²) in [6.07, 6.45) is 7.38. The molecule has 3 heteroatoms. The Labute approximate surface area is 91.5 Å². The molecule has 1 aromatic rings. The highest BCUT2D eigenvalue weighted by Crippen LogP contribution is 2.06. The maximum Gasteiger partial charge on any atom is 0.132 e. The summed E-state index contributed by atoms with van der Waals surface area (Å²) >= 11 is 0. The summed E-state index contributed by atoms with van der Waals surface area (Å²) in [4.78, 5) is 11.3. The van der Waals surface area contributed by atoms with E-state index in [2.05, 4.69) is 5.10 Å². The number of unbranched alkanes of at least 4 members (excludes halogenated alkanes) is 1. The van der Waals surface area contributed by atoms with Gasteiger partial charge in [-0.1, -0.05) is 6.92 Å². The minimum Gasteiger partial charge on any atom is -0.300 e. The molecule has 0 fully saturated rings. The number of rotatable bonds is 7. The number of nitrogens with zero attached hydrogens (tertiary/aromatic N) is 2. The molecule has 1 heterocycles. The van der Waals surface area contributed by atoms with Crippen molar-refractivity contribution < 1.29 is 4.79 Å². The van der Waals surface area contributed by atoms with Crippen LogP contribution in [0.3, 0.4) is 0 Å². The molecule has 0 unspecified atom stereocenters. The lowest BCUT2D eigenvalue weighted by atomic mass is 10.1. The summed E-state index contributed by atoms with van der Waals surface area (Å²) in [6, 6.07) is 2.04. The summed E-state index contributed by atoms with van der Waals surface area (Å²) in [7, 11) is 1.96. The van der Waals surface area contributed by atoms with Gasteiger partial charge in [0, 0.05) is 31.8 Å². The van der Waals surface area contributed by atoms with E-state index in [0.717, 1.165) is 38.5 Å². The topological polar surface area (TPSA) is 34.9 Å². The molecule has 15 heavy (non-hydrogen) atoms. The molecule has 0 bridgehead atoms. The average molecular weight is 208 g/mol. The van der Waals surface area contributed by atoms with Crippen molar-refractivity contribution in [1.29, 1.82) is 0 Å². The number of aromatic nitrogens is 2. The van der Waals surface area contributed by atoms with Gasteiger partial charge in [0.2, 0.25) is 0 Å². The third kappa shape index (κ3) is 4.28. The first-order valence-electron chi connectivity index (χ1n) is 5.72. The van der Waals surface area contributed by atoms with E-state index in [4.69, 9.17) is 0 Å². The van der Waals surface area contributed by atoms with E-state index in [-0.39, 0.29) is 0 Å². The minimum atomic E-state index is 0.405. The zero-order valence-corrected chi connectivity index (χ0v) is 9.70. The Kier molecular flexibility index (Phi) is 5.08. The summed E-state index contributed by atoms with van der Waals surface area (Å²) in [5.74, 6) is 0.405. The number of ketones is 1. The second-order valence-corrected chi connectivity index (χ2v) is 3.94. The van der Waals surface area contributed by atoms with Gasteiger partial charge in [-0.15, -0.1) is 0 Å². The van der Waals surface area contributed by atoms with Crippen LogP contribution in [-0.4, -0.2) is 15.6 Å². The highest BCUT2D eigenvalue weighted by Gasteiger charge is 2.01. The van der Waals surface area contributed by atoms with Crippen LogP contribution in [-0.2, 0) is 18.3 Å². The van der Waals surface area contributed by atoms with E-state index in [1.807, 2.05) is 30.9 Å². The molecule has 84 valence electrons. The molecular formula is C12H20N2O. The van der Waals surface area contributed by atoms with E-state index in [9.17, 15) is 4.79 Å². The molecule has 0 aromatic carbocycles. The molecule has 0 atom stereocenters. The molecule has 0 saturated heterocycles. The van der Waals surface area contributed by atoms with Gasteiger partial charge in [-0.25, -0.2) is 0 Å². The lowest BCUT2D eigenvalue weighted by Crippen LogP contribution is -2.00. The maximum absolute atomic E-state index is 11.3. The first kappa shape index (κ1) is 12.0. The standard InChI is InChI=1S/C12H20N2O/c1-3-6-12(15)8-5-4-7-11-9-10-13-14(11)2/h9-10H,3-8H2,1-2H3. The summed E-state index contributed by atoms with van der Waals surface area (Å²) in [5.41, 5.74) is 1.25. The van der Waals surface area contributed by atoms with Crippen LogP contribution in [0.1, 0.15) is 44.7 Å². The van der Waals surface area contributed by atoms with Crippen molar-refractivity contribution in [3.05, 3.63) is 18.0 Å². The van der Waals surface area contributed by atoms with E-state index >= 15 is 0 Å². The van der Waals surface area contributed by atoms with Crippen LogP contribution < -0.4 is 0 Å². The molecule has 0 spiro atoms. The Morgan fingerprint density at radius 3 is 2.80 bits per heavy atom. The van der Waals surface area contributed by atoms with Crippen LogP contribution in [0.15, 0.2) is 12.3 Å². The van der Waals surface area contributed by atoms with E-state index in [1.165, 1.54) is 5.69 Å². The van der Waals surface area contributed by atoms with Crippen molar-refractivity contribution >= 4 is 5.78 Å². The molecule has 1 rings (SSSR count). The van der Waals surface area contributed by atoms with Gasteiger partial charge >= 0.3 is 0 Å². The minimum absolute atomic E-state index is 0.405. The number of hydrogen-bond acceptors (Lipinski definition) is 2. The lowest BCUT2D eigenvalue weighted by molar-refractivity contribution is -0.119. The second kappa shape index (κ2) is 6.38. The maximum atomic E-state index is 11.3. The predicted molar refractivity (Wildman–Crippen MR) is 60.7 cm³/mol. The molecule has 0 aliphatic heterocycles.